The third-order valence-electron chi connectivity index (χ3n) is 2.36. The van der Waals surface area contributed by atoms with Gasteiger partial charge in [0.2, 0.25) is 0 Å². The highest BCUT2D eigenvalue weighted by Gasteiger charge is 2.18. The minimum atomic E-state index is -0.801. The Morgan fingerprint density at radius 1 is 1.35 bits per heavy atom. The van der Waals surface area contributed by atoms with Crippen molar-refractivity contribution in [1.29, 1.82) is 0 Å². The van der Waals surface area contributed by atoms with Crippen LogP contribution in [0.4, 0.5) is 0 Å². The van der Waals surface area contributed by atoms with E-state index in [1.54, 1.807) is 6.07 Å². The molecule has 0 unspecified atom stereocenters. The predicted molar refractivity (Wildman–Crippen MR) is 70.6 cm³/mol. The highest BCUT2D eigenvalue weighted by atomic mass is 32.2. The summed E-state index contributed by atoms with van der Waals surface area (Å²) in [4.78, 5) is 10.4. The van der Waals surface area contributed by atoms with Gasteiger partial charge in [-0.25, -0.2) is 0 Å². The zero-order valence-electron chi connectivity index (χ0n) is 10.4. The third kappa shape index (κ3) is 4.30. The molecular formula is C13H18O3S. The summed E-state index contributed by atoms with van der Waals surface area (Å²) in [7, 11) is 0. The first-order valence-corrected chi connectivity index (χ1v) is 6.58. The maximum atomic E-state index is 10.4. The van der Waals surface area contributed by atoms with E-state index in [2.05, 4.69) is 0 Å². The van der Waals surface area contributed by atoms with Crippen molar-refractivity contribution in [2.45, 2.75) is 31.9 Å². The van der Waals surface area contributed by atoms with E-state index in [0.717, 1.165) is 11.1 Å². The first-order valence-electron chi connectivity index (χ1n) is 5.42. The molecule has 0 aliphatic rings. The van der Waals surface area contributed by atoms with Gasteiger partial charge in [0, 0.05) is 5.75 Å². The molecule has 0 amide bonds. The van der Waals surface area contributed by atoms with E-state index >= 15 is 0 Å². The molecule has 0 saturated carbocycles. The Morgan fingerprint density at radius 2 is 2.00 bits per heavy atom. The number of phenols is 1. The SMILES string of the molecule is CC(C)(C)c1cc(CSCC(=O)O)ccc1O. The van der Waals surface area contributed by atoms with Crippen LogP contribution in [0.3, 0.4) is 0 Å². The molecule has 3 nitrogen and oxygen atoms in total. The number of phenolic OH excluding ortho intramolecular Hbond substituents is 1. The Bertz CT molecular complexity index is 408. The van der Waals surface area contributed by atoms with Crippen molar-refractivity contribution < 1.29 is 15.0 Å². The lowest BCUT2D eigenvalue weighted by Crippen LogP contribution is -2.11. The molecule has 1 aromatic rings. The van der Waals surface area contributed by atoms with E-state index in [-0.39, 0.29) is 11.2 Å². The Hall–Kier alpha value is -1.16. The van der Waals surface area contributed by atoms with Gasteiger partial charge in [-0.1, -0.05) is 32.9 Å². The van der Waals surface area contributed by atoms with Crippen LogP contribution in [0.2, 0.25) is 0 Å². The largest absolute Gasteiger partial charge is 0.508 e. The number of hydrogen-bond donors (Lipinski definition) is 2. The Balaban J connectivity index is 2.79. The predicted octanol–water partition coefficient (Wildman–Crippen LogP) is 3.01. The van der Waals surface area contributed by atoms with E-state index in [9.17, 15) is 9.90 Å². The van der Waals surface area contributed by atoms with E-state index < -0.39 is 5.97 Å². The molecule has 17 heavy (non-hydrogen) atoms. The highest BCUT2D eigenvalue weighted by Crippen LogP contribution is 2.32. The Morgan fingerprint density at radius 3 is 2.53 bits per heavy atom. The van der Waals surface area contributed by atoms with Crippen molar-refractivity contribution in [3.05, 3.63) is 29.3 Å². The first-order chi connectivity index (χ1) is 7.80. The molecule has 1 aromatic carbocycles. The fourth-order valence-electron chi connectivity index (χ4n) is 1.53. The second kappa shape index (κ2) is 5.45. The molecule has 0 aliphatic carbocycles. The van der Waals surface area contributed by atoms with E-state index in [1.807, 2.05) is 32.9 Å². The molecule has 0 heterocycles. The van der Waals surface area contributed by atoms with E-state index in [0.29, 0.717) is 11.5 Å². The zero-order chi connectivity index (χ0) is 13.1. The van der Waals surface area contributed by atoms with Crippen LogP contribution >= 0.6 is 11.8 Å². The summed E-state index contributed by atoms with van der Waals surface area (Å²) < 4.78 is 0. The summed E-state index contributed by atoms with van der Waals surface area (Å²) in [5.74, 6) is 0.246. The fraction of sp³-hybridized carbons (Fsp3) is 0.462. The maximum Gasteiger partial charge on any atom is 0.313 e. The maximum absolute atomic E-state index is 10.4. The van der Waals surface area contributed by atoms with E-state index in [4.69, 9.17) is 5.11 Å². The van der Waals surface area contributed by atoms with Gasteiger partial charge in [-0.15, -0.1) is 11.8 Å². The second-order valence-electron chi connectivity index (χ2n) is 4.99. The van der Waals surface area contributed by atoms with Crippen molar-refractivity contribution in [1.82, 2.24) is 0 Å². The number of thioether (sulfide) groups is 1. The number of aromatic hydroxyl groups is 1. The number of carbonyl (C=O) groups is 1. The van der Waals surface area contributed by atoms with E-state index in [1.165, 1.54) is 11.8 Å². The number of benzene rings is 1. The molecule has 0 fully saturated rings. The molecule has 0 bridgehead atoms. The Kier molecular flexibility index (Phi) is 4.46. The van der Waals surface area contributed by atoms with Crippen LogP contribution in [0.15, 0.2) is 18.2 Å². The molecular weight excluding hydrogens is 236 g/mol. The summed E-state index contributed by atoms with van der Waals surface area (Å²) in [5.41, 5.74) is 1.82. The van der Waals surface area contributed by atoms with Gasteiger partial charge in [0.1, 0.15) is 5.75 Å². The lowest BCUT2D eigenvalue weighted by atomic mass is 9.85. The summed E-state index contributed by atoms with van der Waals surface area (Å²) in [5, 5.41) is 18.3. The lowest BCUT2D eigenvalue weighted by Gasteiger charge is -2.21. The molecule has 0 aliphatic heterocycles. The molecule has 0 aromatic heterocycles. The van der Waals surface area contributed by atoms with Crippen LogP contribution in [0.25, 0.3) is 0 Å². The normalized spacial score (nSPS) is 11.5. The minimum Gasteiger partial charge on any atom is -0.508 e. The molecule has 0 radical (unpaired) electrons. The molecule has 0 atom stereocenters. The highest BCUT2D eigenvalue weighted by molar-refractivity contribution is 7.99. The quantitative estimate of drug-likeness (QED) is 0.867. The summed E-state index contributed by atoms with van der Waals surface area (Å²) >= 11 is 1.36. The molecule has 1 rings (SSSR count). The van der Waals surface area contributed by atoms with Crippen molar-refractivity contribution in [2.24, 2.45) is 0 Å². The average Bonchev–Trinajstić information content (AvgIpc) is 2.18. The number of carboxylic acids is 1. The standard InChI is InChI=1S/C13H18O3S/c1-13(2,3)10-6-9(4-5-11(10)14)7-17-8-12(15)16/h4-6,14H,7-8H2,1-3H3,(H,15,16). The van der Waals surface area contributed by atoms with Crippen LogP contribution in [-0.2, 0) is 16.0 Å². The van der Waals surface area contributed by atoms with Crippen LogP contribution in [0.5, 0.6) is 5.75 Å². The van der Waals surface area contributed by atoms with Crippen molar-refractivity contribution in [2.75, 3.05) is 5.75 Å². The smallest absolute Gasteiger partial charge is 0.313 e. The molecule has 0 spiro atoms. The van der Waals surface area contributed by atoms with Gasteiger partial charge in [0.15, 0.2) is 0 Å². The van der Waals surface area contributed by atoms with Crippen LogP contribution in [0.1, 0.15) is 31.9 Å². The van der Waals surface area contributed by atoms with Gasteiger partial charge in [-0.3, -0.25) is 4.79 Å². The van der Waals surface area contributed by atoms with Crippen LogP contribution < -0.4 is 0 Å². The van der Waals surface area contributed by atoms with Crippen molar-refractivity contribution in [3.8, 4) is 5.75 Å². The Labute approximate surface area is 106 Å². The molecule has 0 saturated heterocycles. The number of aliphatic carboxylic acids is 1. The van der Waals surface area contributed by atoms with Crippen LogP contribution in [0, 0.1) is 0 Å². The number of carboxylic acid groups (broad SMARTS) is 1. The zero-order valence-corrected chi connectivity index (χ0v) is 11.2. The fourth-order valence-corrected chi connectivity index (χ4v) is 2.22. The monoisotopic (exact) mass is 254 g/mol. The second-order valence-corrected chi connectivity index (χ2v) is 5.97. The van der Waals surface area contributed by atoms with Gasteiger partial charge in [-0.2, -0.15) is 0 Å². The van der Waals surface area contributed by atoms with Crippen LogP contribution in [-0.4, -0.2) is 21.9 Å². The third-order valence-corrected chi connectivity index (χ3v) is 3.35. The summed E-state index contributed by atoms with van der Waals surface area (Å²) in [6.45, 7) is 6.11. The lowest BCUT2D eigenvalue weighted by molar-refractivity contribution is -0.133. The van der Waals surface area contributed by atoms with Gasteiger partial charge in [0.25, 0.3) is 0 Å². The molecule has 4 heteroatoms. The topological polar surface area (TPSA) is 57.5 Å². The number of hydrogen-bond acceptors (Lipinski definition) is 3. The molecule has 94 valence electrons. The summed E-state index contributed by atoms with van der Waals surface area (Å²) in [6, 6.07) is 5.46. The molecule has 2 N–H and O–H groups in total. The first kappa shape index (κ1) is 13.9. The minimum absolute atomic E-state index is 0.103. The van der Waals surface area contributed by atoms with Crippen molar-refractivity contribution in [3.63, 3.8) is 0 Å². The van der Waals surface area contributed by atoms with Gasteiger partial charge in [-0.05, 0) is 22.6 Å². The number of rotatable bonds is 4. The van der Waals surface area contributed by atoms with Crippen molar-refractivity contribution >= 4 is 17.7 Å². The van der Waals surface area contributed by atoms with Gasteiger partial charge >= 0.3 is 5.97 Å². The summed E-state index contributed by atoms with van der Waals surface area (Å²) in [6.07, 6.45) is 0. The average molecular weight is 254 g/mol. The van der Waals surface area contributed by atoms with Gasteiger partial charge in [0.05, 0.1) is 5.75 Å². The van der Waals surface area contributed by atoms with Gasteiger partial charge < -0.3 is 10.2 Å².